The first-order valence-corrected chi connectivity index (χ1v) is 7.93. The van der Waals surface area contributed by atoms with E-state index in [4.69, 9.17) is 10.2 Å². The van der Waals surface area contributed by atoms with E-state index in [-0.39, 0.29) is 24.4 Å². The molecule has 0 aliphatic carbocycles. The minimum absolute atomic E-state index is 0. The van der Waals surface area contributed by atoms with Gasteiger partial charge in [0.1, 0.15) is 5.76 Å². The lowest BCUT2D eigenvalue weighted by Crippen LogP contribution is -2.39. The number of nitrogens with two attached hydrogens (primary N) is 1. The summed E-state index contributed by atoms with van der Waals surface area (Å²) in [5, 5.41) is 0. The van der Waals surface area contributed by atoms with E-state index >= 15 is 0 Å². The second-order valence-corrected chi connectivity index (χ2v) is 5.74. The third-order valence-corrected chi connectivity index (χ3v) is 4.37. The number of nitrogens with zero attached hydrogens (tertiary/aromatic N) is 1. The first kappa shape index (κ1) is 17.6. The number of hydrogen-bond acceptors (Lipinski definition) is 3. The maximum Gasteiger partial charge on any atom is 0.289 e. The Bertz CT molecular complexity index is 651. The summed E-state index contributed by atoms with van der Waals surface area (Å²) < 4.78 is 5.78. The molecule has 2 N–H and O–H groups in total. The molecule has 1 aliphatic heterocycles. The largest absolute Gasteiger partial charge is 0.451 e. The lowest BCUT2D eigenvalue weighted by molar-refractivity contribution is 0.0710. The third-order valence-electron chi connectivity index (χ3n) is 4.37. The average molecular weight is 335 g/mol. The molecule has 0 radical (unpaired) electrons. The highest BCUT2D eigenvalue weighted by molar-refractivity contribution is 5.92. The van der Waals surface area contributed by atoms with E-state index in [2.05, 4.69) is 19.1 Å². The molecule has 0 spiro atoms. The van der Waals surface area contributed by atoms with Gasteiger partial charge in [-0.15, -0.1) is 12.4 Å². The minimum atomic E-state index is -0.0515. The van der Waals surface area contributed by atoms with Gasteiger partial charge in [-0.05, 0) is 37.0 Å². The first-order chi connectivity index (χ1) is 10.7. The predicted octanol–water partition coefficient (Wildman–Crippen LogP) is 3.49. The van der Waals surface area contributed by atoms with Gasteiger partial charge in [-0.25, -0.2) is 0 Å². The third kappa shape index (κ3) is 3.59. The smallest absolute Gasteiger partial charge is 0.289 e. The van der Waals surface area contributed by atoms with Crippen LogP contribution in [0, 0.1) is 0 Å². The molecule has 1 aromatic carbocycles. The van der Waals surface area contributed by atoms with Crippen LogP contribution in [-0.2, 0) is 6.42 Å². The molecule has 1 saturated heterocycles. The number of carbonyl (C=O) groups is 1. The van der Waals surface area contributed by atoms with Gasteiger partial charge in [0.2, 0.25) is 0 Å². The van der Waals surface area contributed by atoms with Gasteiger partial charge in [-0.2, -0.15) is 0 Å². The van der Waals surface area contributed by atoms with E-state index in [0.29, 0.717) is 12.3 Å². The Morgan fingerprint density at radius 2 is 2.00 bits per heavy atom. The second-order valence-electron chi connectivity index (χ2n) is 5.74. The molecule has 0 saturated carbocycles. The number of amides is 1. The van der Waals surface area contributed by atoms with E-state index in [1.807, 2.05) is 23.1 Å². The van der Waals surface area contributed by atoms with Gasteiger partial charge in [-0.3, -0.25) is 4.79 Å². The van der Waals surface area contributed by atoms with Crippen LogP contribution in [0.3, 0.4) is 0 Å². The van der Waals surface area contributed by atoms with Crippen LogP contribution in [-0.4, -0.2) is 29.9 Å². The molecule has 2 aromatic rings. The van der Waals surface area contributed by atoms with Crippen LogP contribution in [0.25, 0.3) is 11.3 Å². The molecule has 0 bridgehead atoms. The Balaban J connectivity index is 0.00000192. The van der Waals surface area contributed by atoms with Gasteiger partial charge in [-0.1, -0.05) is 31.2 Å². The van der Waals surface area contributed by atoms with E-state index in [1.165, 1.54) is 5.56 Å². The van der Waals surface area contributed by atoms with Crippen LogP contribution in [0.15, 0.2) is 40.8 Å². The van der Waals surface area contributed by atoms with Crippen LogP contribution < -0.4 is 5.73 Å². The summed E-state index contributed by atoms with van der Waals surface area (Å²) in [5.74, 6) is 1.08. The zero-order valence-electron chi connectivity index (χ0n) is 13.3. The molecule has 1 unspecified atom stereocenters. The van der Waals surface area contributed by atoms with Crippen LogP contribution in [0.5, 0.6) is 0 Å². The summed E-state index contributed by atoms with van der Waals surface area (Å²) in [6, 6.07) is 12.0. The molecule has 1 atom stereocenters. The van der Waals surface area contributed by atoms with E-state index in [1.54, 1.807) is 6.07 Å². The number of carbonyl (C=O) groups excluding carboxylic acids is 1. The Morgan fingerprint density at radius 3 is 2.65 bits per heavy atom. The molecule has 1 aliphatic rings. The summed E-state index contributed by atoms with van der Waals surface area (Å²) in [7, 11) is 0. The topological polar surface area (TPSA) is 59.5 Å². The molecular formula is C18H23ClN2O2. The van der Waals surface area contributed by atoms with Gasteiger partial charge in [0.15, 0.2) is 5.76 Å². The molecule has 124 valence electrons. The van der Waals surface area contributed by atoms with Crippen molar-refractivity contribution in [1.82, 2.24) is 4.90 Å². The van der Waals surface area contributed by atoms with Crippen molar-refractivity contribution in [1.29, 1.82) is 0 Å². The van der Waals surface area contributed by atoms with Gasteiger partial charge in [0.25, 0.3) is 5.91 Å². The highest BCUT2D eigenvalue weighted by Gasteiger charge is 2.30. The first-order valence-electron chi connectivity index (χ1n) is 7.93. The van der Waals surface area contributed by atoms with E-state index in [9.17, 15) is 4.79 Å². The normalized spacial score (nSPS) is 17.1. The molecular weight excluding hydrogens is 312 g/mol. The van der Waals surface area contributed by atoms with Crippen molar-refractivity contribution in [3.63, 3.8) is 0 Å². The van der Waals surface area contributed by atoms with Crippen LogP contribution in [0.4, 0.5) is 0 Å². The number of furan rings is 1. The summed E-state index contributed by atoms with van der Waals surface area (Å²) >= 11 is 0. The van der Waals surface area contributed by atoms with Crippen molar-refractivity contribution in [2.75, 3.05) is 13.1 Å². The average Bonchev–Trinajstić information content (AvgIpc) is 3.23. The van der Waals surface area contributed by atoms with Crippen LogP contribution in [0.2, 0.25) is 0 Å². The predicted molar refractivity (Wildman–Crippen MR) is 93.9 cm³/mol. The zero-order valence-corrected chi connectivity index (χ0v) is 14.1. The Hall–Kier alpha value is -1.78. The van der Waals surface area contributed by atoms with E-state index in [0.717, 1.165) is 37.1 Å². The lowest BCUT2D eigenvalue weighted by atomic mass is 10.1. The fourth-order valence-corrected chi connectivity index (χ4v) is 3.00. The maximum atomic E-state index is 12.5. The van der Waals surface area contributed by atoms with Crippen molar-refractivity contribution in [2.24, 2.45) is 5.73 Å². The zero-order chi connectivity index (χ0) is 15.5. The van der Waals surface area contributed by atoms with Crippen molar-refractivity contribution in [2.45, 2.75) is 32.2 Å². The molecule has 5 heteroatoms. The quantitative estimate of drug-likeness (QED) is 0.931. The Kier molecular flexibility index (Phi) is 5.85. The molecule has 1 amide bonds. The summed E-state index contributed by atoms with van der Waals surface area (Å²) in [6.45, 7) is 3.41. The van der Waals surface area contributed by atoms with Crippen LogP contribution in [0.1, 0.15) is 35.9 Å². The second kappa shape index (κ2) is 7.66. The minimum Gasteiger partial charge on any atom is -0.451 e. The lowest BCUT2D eigenvalue weighted by Gasteiger charge is -2.22. The number of hydrogen-bond donors (Lipinski definition) is 1. The van der Waals surface area contributed by atoms with Crippen molar-refractivity contribution >= 4 is 18.3 Å². The molecule has 2 heterocycles. The molecule has 4 nitrogen and oxygen atoms in total. The fourth-order valence-electron chi connectivity index (χ4n) is 3.00. The summed E-state index contributed by atoms with van der Waals surface area (Å²) in [4.78, 5) is 14.4. The molecule has 1 fully saturated rings. The van der Waals surface area contributed by atoms with Crippen molar-refractivity contribution < 1.29 is 9.21 Å². The Morgan fingerprint density at radius 1 is 1.26 bits per heavy atom. The standard InChI is InChI=1S/C18H22N2O2.ClH/c1-2-13-5-7-14(8-6-13)16-9-10-17(22-16)18(21)20-11-3-4-15(20)12-19;/h5-10,15H,2-4,11-12,19H2,1H3;1H. The SMILES string of the molecule is CCc1ccc(-c2ccc(C(=O)N3CCCC3CN)o2)cc1.Cl. The summed E-state index contributed by atoms with van der Waals surface area (Å²) in [6.07, 6.45) is 3.01. The highest BCUT2D eigenvalue weighted by atomic mass is 35.5. The van der Waals surface area contributed by atoms with E-state index < -0.39 is 0 Å². The van der Waals surface area contributed by atoms with Gasteiger partial charge >= 0.3 is 0 Å². The number of likely N-dealkylation sites (tertiary alicyclic amines) is 1. The number of halogens is 1. The van der Waals surface area contributed by atoms with Gasteiger partial charge in [0, 0.05) is 24.7 Å². The van der Waals surface area contributed by atoms with Gasteiger partial charge < -0.3 is 15.1 Å². The van der Waals surface area contributed by atoms with Crippen molar-refractivity contribution in [3.8, 4) is 11.3 Å². The highest BCUT2D eigenvalue weighted by Crippen LogP contribution is 2.25. The summed E-state index contributed by atoms with van der Waals surface area (Å²) in [5.41, 5.74) is 8.02. The monoisotopic (exact) mass is 334 g/mol. The number of benzene rings is 1. The van der Waals surface area contributed by atoms with Crippen molar-refractivity contribution in [3.05, 3.63) is 47.7 Å². The number of aryl methyl sites for hydroxylation is 1. The molecule has 3 rings (SSSR count). The van der Waals surface area contributed by atoms with Gasteiger partial charge in [0.05, 0.1) is 0 Å². The Labute approximate surface area is 143 Å². The van der Waals surface area contributed by atoms with Crippen LogP contribution >= 0.6 is 12.4 Å². The number of rotatable bonds is 4. The molecule has 1 aromatic heterocycles. The fraction of sp³-hybridized carbons (Fsp3) is 0.389. The maximum absolute atomic E-state index is 12.5. The molecule has 23 heavy (non-hydrogen) atoms.